The Morgan fingerprint density at radius 1 is 0.975 bits per heavy atom. The summed E-state index contributed by atoms with van der Waals surface area (Å²) in [5.41, 5.74) is 0.489. The van der Waals surface area contributed by atoms with E-state index in [4.69, 9.17) is 34.8 Å². The van der Waals surface area contributed by atoms with Crippen LogP contribution in [0, 0.1) is 5.82 Å². The van der Waals surface area contributed by atoms with Crippen molar-refractivity contribution < 1.29 is 22.4 Å². The lowest BCUT2D eigenvalue weighted by molar-refractivity contribution is -0.139. The highest BCUT2D eigenvalue weighted by Gasteiger charge is 2.33. The van der Waals surface area contributed by atoms with Crippen LogP contribution in [0.2, 0.25) is 15.1 Å². The third-order valence-corrected chi connectivity index (χ3v) is 8.82. The zero-order chi connectivity index (χ0) is 29.4. The third kappa shape index (κ3) is 7.87. The summed E-state index contributed by atoms with van der Waals surface area (Å²) in [4.78, 5) is 28.0. The number of hydrogen-bond donors (Lipinski definition) is 1. The van der Waals surface area contributed by atoms with Gasteiger partial charge in [-0.05, 0) is 61.4 Å². The van der Waals surface area contributed by atoms with E-state index in [0.717, 1.165) is 29.3 Å². The van der Waals surface area contributed by atoms with Crippen LogP contribution in [0.4, 0.5) is 10.1 Å². The summed E-state index contributed by atoms with van der Waals surface area (Å²) < 4.78 is 42.2. The summed E-state index contributed by atoms with van der Waals surface area (Å²) in [5.74, 6) is -1.84. The van der Waals surface area contributed by atoms with Gasteiger partial charge in [0.15, 0.2) is 0 Å². The zero-order valence-electron chi connectivity index (χ0n) is 21.9. The molecule has 12 heteroatoms. The van der Waals surface area contributed by atoms with Crippen LogP contribution in [-0.2, 0) is 26.2 Å². The Balaban J connectivity index is 2.03. The Hall–Kier alpha value is -2.85. The van der Waals surface area contributed by atoms with Crippen molar-refractivity contribution in [2.45, 2.75) is 44.2 Å². The maximum Gasteiger partial charge on any atom is 0.264 e. The molecule has 0 radical (unpaired) electrons. The van der Waals surface area contributed by atoms with E-state index >= 15 is 0 Å². The quantitative estimate of drug-likeness (QED) is 0.238. The number of halogens is 4. The van der Waals surface area contributed by atoms with E-state index in [-0.39, 0.29) is 27.2 Å². The molecule has 214 valence electrons. The lowest BCUT2D eigenvalue weighted by atomic mass is 10.1. The number of unbranched alkanes of at least 4 members (excludes halogenated alkanes) is 1. The fourth-order valence-electron chi connectivity index (χ4n) is 3.84. The maximum atomic E-state index is 14.0. The fourth-order valence-corrected chi connectivity index (χ4v) is 5.91. The number of carbonyl (C=O) groups excluding carboxylic acids is 2. The molecule has 0 saturated heterocycles. The Morgan fingerprint density at radius 2 is 1.68 bits per heavy atom. The lowest BCUT2D eigenvalue weighted by Gasteiger charge is -2.32. The van der Waals surface area contributed by atoms with Gasteiger partial charge in [0.1, 0.15) is 18.4 Å². The molecular formula is C28H29Cl3FN3O4S. The molecule has 0 saturated carbocycles. The topological polar surface area (TPSA) is 86.8 Å². The largest absolute Gasteiger partial charge is 0.354 e. The predicted molar refractivity (Wildman–Crippen MR) is 157 cm³/mol. The van der Waals surface area contributed by atoms with Crippen LogP contribution < -0.4 is 9.62 Å². The first-order chi connectivity index (χ1) is 18.9. The first-order valence-corrected chi connectivity index (χ1v) is 15.1. The standard InChI is InChI=1S/C28H29Cl3FN3O4S/c1-3-4-14-33-28(37)19(2)34(17-20-10-11-21(29)15-24(20)30)27(36)18-35(22-12-13-26(32)25(31)16-22)40(38,39)23-8-6-5-7-9-23/h5-13,15-16,19H,3-4,14,17-18H2,1-2H3,(H,33,37). The summed E-state index contributed by atoms with van der Waals surface area (Å²) in [6.45, 7) is 3.16. The van der Waals surface area contributed by atoms with E-state index in [1.807, 2.05) is 6.92 Å². The Bertz CT molecular complexity index is 1460. The van der Waals surface area contributed by atoms with Gasteiger partial charge in [0.2, 0.25) is 11.8 Å². The number of benzene rings is 3. The van der Waals surface area contributed by atoms with E-state index < -0.39 is 40.2 Å². The van der Waals surface area contributed by atoms with Crippen molar-refractivity contribution in [3.8, 4) is 0 Å². The number of anilines is 1. The molecular weight excluding hydrogens is 600 g/mol. The Labute approximate surface area is 248 Å². The highest BCUT2D eigenvalue weighted by molar-refractivity contribution is 7.92. The normalized spacial score (nSPS) is 12.1. The molecule has 1 unspecified atom stereocenters. The molecule has 0 spiro atoms. The number of amides is 2. The minimum Gasteiger partial charge on any atom is -0.354 e. The van der Waals surface area contributed by atoms with Gasteiger partial charge in [-0.15, -0.1) is 0 Å². The average Bonchev–Trinajstić information content (AvgIpc) is 2.93. The molecule has 7 nitrogen and oxygen atoms in total. The molecule has 1 atom stereocenters. The van der Waals surface area contributed by atoms with Gasteiger partial charge < -0.3 is 10.2 Å². The van der Waals surface area contributed by atoms with Gasteiger partial charge in [-0.3, -0.25) is 13.9 Å². The van der Waals surface area contributed by atoms with Crippen LogP contribution in [0.5, 0.6) is 0 Å². The molecule has 0 fully saturated rings. The van der Waals surface area contributed by atoms with Crippen LogP contribution in [0.1, 0.15) is 32.3 Å². The molecule has 0 aliphatic heterocycles. The first kappa shape index (κ1) is 31.7. The van der Waals surface area contributed by atoms with Crippen LogP contribution in [0.25, 0.3) is 0 Å². The van der Waals surface area contributed by atoms with Gasteiger partial charge in [-0.1, -0.05) is 72.4 Å². The molecule has 0 heterocycles. The number of sulfonamides is 1. The molecule has 0 aromatic heterocycles. The van der Waals surface area contributed by atoms with Crippen molar-refractivity contribution in [1.82, 2.24) is 10.2 Å². The van der Waals surface area contributed by atoms with Crippen LogP contribution in [0.15, 0.2) is 71.6 Å². The number of rotatable bonds is 12. The minimum atomic E-state index is -4.30. The second kappa shape index (κ2) is 14.2. The number of nitrogens with zero attached hydrogens (tertiary/aromatic N) is 2. The van der Waals surface area contributed by atoms with Gasteiger partial charge >= 0.3 is 0 Å². The van der Waals surface area contributed by atoms with Gasteiger partial charge in [-0.2, -0.15) is 0 Å². The van der Waals surface area contributed by atoms with E-state index in [9.17, 15) is 22.4 Å². The highest BCUT2D eigenvalue weighted by Crippen LogP contribution is 2.29. The number of carbonyl (C=O) groups is 2. The molecule has 3 rings (SSSR count). The Morgan fingerprint density at radius 3 is 2.30 bits per heavy atom. The Kier molecular flexibility index (Phi) is 11.2. The predicted octanol–water partition coefficient (Wildman–Crippen LogP) is 6.31. The van der Waals surface area contributed by atoms with Gasteiger partial charge in [0.05, 0.1) is 15.6 Å². The number of hydrogen-bond acceptors (Lipinski definition) is 4. The molecule has 3 aromatic rings. The highest BCUT2D eigenvalue weighted by atomic mass is 35.5. The lowest BCUT2D eigenvalue weighted by Crippen LogP contribution is -2.51. The summed E-state index contributed by atoms with van der Waals surface area (Å²) in [5, 5.41) is 3.17. The second-order valence-corrected chi connectivity index (χ2v) is 12.1. The van der Waals surface area contributed by atoms with Crippen molar-refractivity contribution in [2.24, 2.45) is 0 Å². The SMILES string of the molecule is CCCCNC(=O)C(C)N(Cc1ccc(Cl)cc1Cl)C(=O)CN(c1ccc(F)c(Cl)c1)S(=O)(=O)c1ccccc1. The van der Waals surface area contributed by atoms with E-state index in [1.165, 1.54) is 29.2 Å². The maximum absolute atomic E-state index is 14.0. The molecule has 40 heavy (non-hydrogen) atoms. The smallest absolute Gasteiger partial charge is 0.264 e. The molecule has 0 bridgehead atoms. The van der Waals surface area contributed by atoms with E-state index in [1.54, 1.807) is 37.3 Å². The summed E-state index contributed by atoms with van der Waals surface area (Å²) >= 11 is 18.4. The van der Waals surface area contributed by atoms with Crippen LogP contribution in [0.3, 0.4) is 0 Å². The van der Waals surface area contributed by atoms with Crippen LogP contribution >= 0.6 is 34.8 Å². The van der Waals surface area contributed by atoms with Gasteiger partial charge in [-0.25, -0.2) is 12.8 Å². The zero-order valence-corrected chi connectivity index (χ0v) is 25.0. The molecule has 0 aliphatic carbocycles. The molecule has 1 N–H and O–H groups in total. The summed E-state index contributed by atoms with van der Waals surface area (Å²) in [6, 6.07) is 14.6. The fraction of sp³-hybridized carbons (Fsp3) is 0.286. The monoisotopic (exact) mass is 627 g/mol. The molecule has 0 aliphatic rings. The molecule has 3 aromatic carbocycles. The van der Waals surface area contributed by atoms with E-state index in [0.29, 0.717) is 17.1 Å². The summed E-state index contributed by atoms with van der Waals surface area (Å²) in [7, 11) is -4.30. The van der Waals surface area contributed by atoms with Crippen molar-refractivity contribution in [2.75, 3.05) is 17.4 Å². The molecule has 2 amide bonds. The van der Waals surface area contributed by atoms with Crippen molar-refractivity contribution in [1.29, 1.82) is 0 Å². The van der Waals surface area contributed by atoms with Crippen molar-refractivity contribution in [3.05, 3.63) is 93.2 Å². The minimum absolute atomic E-state index is 0.0203. The van der Waals surface area contributed by atoms with Crippen molar-refractivity contribution in [3.63, 3.8) is 0 Å². The van der Waals surface area contributed by atoms with Gasteiger partial charge in [0.25, 0.3) is 10.0 Å². The second-order valence-electron chi connectivity index (χ2n) is 9.00. The number of nitrogens with one attached hydrogen (secondary N) is 1. The third-order valence-electron chi connectivity index (χ3n) is 6.15. The van der Waals surface area contributed by atoms with Gasteiger partial charge in [0, 0.05) is 23.1 Å². The van der Waals surface area contributed by atoms with Crippen molar-refractivity contribution >= 4 is 62.3 Å². The van der Waals surface area contributed by atoms with E-state index in [2.05, 4.69) is 5.32 Å². The summed E-state index contributed by atoms with van der Waals surface area (Å²) in [6.07, 6.45) is 1.62. The average molecular weight is 629 g/mol. The first-order valence-electron chi connectivity index (χ1n) is 12.5. The van der Waals surface area contributed by atoms with Crippen LogP contribution in [-0.4, -0.2) is 44.3 Å².